The summed E-state index contributed by atoms with van der Waals surface area (Å²) in [5.74, 6) is 0.487. The summed E-state index contributed by atoms with van der Waals surface area (Å²) in [6.07, 6.45) is 1.76. The Balaban J connectivity index is 2.16. The quantitative estimate of drug-likeness (QED) is 0.634. The van der Waals surface area contributed by atoms with E-state index in [1.54, 1.807) is 14.0 Å². The van der Waals surface area contributed by atoms with Gasteiger partial charge in [0.05, 0.1) is 39.0 Å². The predicted octanol–water partition coefficient (Wildman–Crippen LogP) is 3.08. The molecule has 0 aromatic heterocycles. The molecular formula is C18H28O5. The van der Waals surface area contributed by atoms with Crippen molar-refractivity contribution in [2.75, 3.05) is 13.7 Å². The largest absolute Gasteiger partial charge is 0.497 e. The van der Waals surface area contributed by atoms with Gasteiger partial charge in [0.2, 0.25) is 0 Å². The van der Waals surface area contributed by atoms with Crippen LogP contribution in [-0.4, -0.2) is 37.0 Å². The van der Waals surface area contributed by atoms with Gasteiger partial charge in [-0.05, 0) is 50.8 Å². The third-order valence-corrected chi connectivity index (χ3v) is 3.55. The minimum atomic E-state index is -0.636. The molecule has 1 unspecified atom stereocenters. The summed E-state index contributed by atoms with van der Waals surface area (Å²) in [6, 6.07) is 7.79. The van der Waals surface area contributed by atoms with Gasteiger partial charge >= 0.3 is 5.97 Å². The van der Waals surface area contributed by atoms with E-state index in [0.29, 0.717) is 19.6 Å². The van der Waals surface area contributed by atoms with Crippen LogP contribution in [0.15, 0.2) is 24.3 Å². The lowest BCUT2D eigenvalue weighted by Crippen LogP contribution is -2.16. The van der Waals surface area contributed by atoms with Crippen molar-refractivity contribution in [1.29, 1.82) is 0 Å². The Labute approximate surface area is 138 Å². The van der Waals surface area contributed by atoms with Crippen LogP contribution in [0.1, 0.15) is 45.1 Å². The van der Waals surface area contributed by atoms with Crippen LogP contribution in [0.2, 0.25) is 0 Å². The molecule has 0 bridgehead atoms. The normalized spacial score (nSPS) is 13.4. The molecule has 1 aromatic rings. The molecule has 1 N–H and O–H groups in total. The van der Waals surface area contributed by atoms with Crippen LogP contribution >= 0.6 is 0 Å². The molecule has 0 saturated heterocycles. The molecule has 2 atom stereocenters. The monoisotopic (exact) mass is 324 g/mol. The average Bonchev–Trinajstić information content (AvgIpc) is 2.53. The van der Waals surface area contributed by atoms with Gasteiger partial charge < -0.3 is 19.3 Å². The van der Waals surface area contributed by atoms with E-state index >= 15 is 0 Å². The summed E-state index contributed by atoms with van der Waals surface area (Å²) in [5, 5.41) is 9.76. The Morgan fingerprint density at radius 1 is 1.22 bits per heavy atom. The number of rotatable bonds is 11. The number of hydrogen-bond donors (Lipinski definition) is 1. The van der Waals surface area contributed by atoms with Gasteiger partial charge in [0.1, 0.15) is 5.75 Å². The Morgan fingerprint density at radius 2 is 1.91 bits per heavy atom. The SMILES string of the molecule is CCOC(=O)C[C@H](O)CCCC(C)OCc1ccc(OC)cc1. The lowest BCUT2D eigenvalue weighted by molar-refractivity contribution is -0.145. The minimum Gasteiger partial charge on any atom is -0.497 e. The first-order chi connectivity index (χ1) is 11.0. The fraction of sp³-hybridized carbons (Fsp3) is 0.611. The summed E-state index contributed by atoms with van der Waals surface area (Å²) >= 11 is 0. The van der Waals surface area contributed by atoms with E-state index in [1.807, 2.05) is 31.2 Å². The van der Waals surface area contributed by atoms with Gasteiger partial charge in [-0.25, -0.2) is 0 Å². The van der Waals surface area contributed by atoms with Crippen molar-refractivity contribution >= 4 is 5.97 Å². The van der Waals surface area contributed by atoms with Crippen LogP contribution in [0.5, 0.6) is 5.75 Å². The molecule has 0 heterocycles. The molecule has 5 heteroatoms. The van der Waals surface area contributed by atoms with Crippen LogP contribution in [0.4, 0.5) is 0 Å². The standard InChI is InChI=1S/C18H28O5/c1-4-22-18(20)12-16(19)7-5-6-14(2)23-13-15-8-10-17(21-3)11-9-15/h8-11,14,16,19H,4-7,12-13H2,1-3H3/t14?,16-/m1/s1. The molecule has 23 heavy (non-hydrogen) atoms. The zero-order valence-electron chi connectivity index (χ0n) is 14.3. The Kier molecular flexibility index (Phi) is 9.33. The van der Waals surface area contributed by atoms with Crippen molar-refractivity contribution in [2.24, 2.45) is 0 Å². The van der Waals surface area contributed by atoms with Crippen molar-refractivity contribution in [1.82, 2.24) is 0 Å². The predicted molar refractivity (Wildman–Crippen MR) is 88.4 cm³/mol. The van der Waals surface area contributed by atoms with Gasteiger partial charge in [-0.3, -0.25) is 4.79 Å². The Morgan fingerprint density at radius 3 is 2.52 bits per heavy atom. The number of carbonyl (C=O) groups excluding carboxylic acids is 1. The lowest BCUT2D eigenvalue weighted by atomic mass is 10.1. The van der Waals surface area contributed by atoms with Crippen LogP contribution in [0.25, 0.3) is 0 Å². The lowest BCUT2D eigenvalue weighted by Gasteiger charge is -2.15. The van der Waals surface area contributed by atoms with E-state index in [0.717, 1.165) is 24.2 Å². The minimum absolute atomic E-state index is 0.0644. The second-order valence-corrected chi connectivity index (χ2v) is 5.56. The highest BCUT2D eigenvalue weighted by molar-refractivity contribution is 5.69. The molecule has 1 aromatic carbocycles. The molecule has 0 aliphatic carbocycles. The summed E-state index contributed by atoms with van der Waals surface area (Å²) < 4.78 is 15.7. The number of methoxy groups -OCH3 is 1. The zero-order valence-corrected chi connectivity index (χ0v) is 14.3. The van der Waals surface area contributed by atoms with E-state index in [4.69, 9.17) is 14.2 Å². The highest BCUT2D eigenvalue weighted by Crippen LogP contribution is 2.14. The van der Waals surface area contributed by atoms with Crippen LogP contribution in [-0.2, 0) is 20.9 Å². The van der Waals surface area contributed by atoms with Crippen LogP contribution in [0, 0.1) is 0 Å². The summed E-state index contributed by atoms with van der Waals surface area (Å²) in [5.41, 5.74) is 1.10. The third kappa shape index (κ3) is 8.57. The highest BCUT2D eigenvalue weighted by Gasteiger charge is 2.12. The van der Waals surface area contributed by atoms with E-state index in [2.05, 4.69) is 0 Å². The molecule has 130 valence electrons. The molecule has 1 rings (SSSR count). The summed E-state index contributed by atoms with van der Waals surface area (Å²) in [6.45, 7) is 4.67. The van der Waals surface area contributed by atoms with Crippen molar-refractivity contribution < 1.29 is 24.1 Å². The molecule has 0 amide bonds. The Hall–Kier alpha value is -1.59. The number of benzene rings is 1. The molecule has 0 spiro atoms. The summed E-state index contributed by atoms with van der Waals surface area (Å²) in [7, 11) is 1.64. The van der Waals surface area contributed by atoms with Gasteiger partial charge in [0, 0.05) is 0 Å². The number of aliphatic hydroxyl groups is 1. The molecule has 0 fully saturated rings. The smallest absolute Gasteiger partial charge is 0.308 e. The van der Waals surface area contributed by atoms with E-state index < -0.39 is 6.10 Å². The Bertz CT molecular complexity index is 443. The maximum atomic E-state index is 11.2. The fourth-order valence-corrected chi connectivity index (χ4v) is 2.20. The third-order valence-electron chi connectivity index (χ3n) is 3.55. The van der Waals surface area contributed by atoms with Gasteiger partial charge in [-0.2, -0.15) is 0 Å². The van der Waals surface area contributed by atoms with Crippen molar-refractivity contribution in [3.63, 3.8) is 0 Å². The topological polar surface area (TPSA) is 65.0 Å². The highest BCUT2D eigenvalue weighted by atomic mass is 16.5. The van der Waals surface area contributed by atoms with Gasteiger partial charge in [0.25, 0.3) is 0 Å². The number of carbonyl (C=O) groups is 1. The van der Waals surface area contributed by atoms with Crippen LogP contribution in [0.3, 0.4) is 0 Å². The fourth-order valence-electron chi connectivity index (χ4n) is 2.20. The molecule has 0 aliphatic rings. The second kappa shape index (κ2) is 11.0. The van der Waals surface area contributed by atoms with Gasteiger partial charge in [-0.1, -0.05) is 12.1 Å². The average molecular weight is 324 g/mol. The van der Waals surface area contributed by atoms with Gasteiger partial charge in [0.15, 0.2) is 0 Å². The van der Waals surface area contributed by atoms with Crippen molar-refractivity contribution in [3.05, 3.63) is 29.8 Å². The van der Waals surface area contributed by atoms with E-state index in [9.17, 15) is 9.90 Å². The number of hydrogen-bond acceptors (Lipinski definition) is 5. The number of aliphatic hydroxyl groups excluding tert-OH is 1. The molecule has 5 nitrogen and oxygen atoms in total. The zero-order chi connectivity index (χ0) is 17.1. The van der Waals surface area contributed by atoms with Crippen molar-refractivity contribution in [3.8, 4) is 5.75 Å². The molecular weight excluding hydrogens is 296 g/mol. The maximum absolute atomic E-state index is 11.2. The second-order valence-electron chi connectivity index (χ2n) is 5.56. The number of ether oxygens (including phenoxy) is 3. The first-order valence-corrected chi connectivity index (χ1v) is 8.13. The van der Waals surface area contributed by atoms with Crippen LogP contribution < -0.4 is 4.74 Å². The summed E-state index contributed by atoms with van der Waals surface area (Å²) in [4.78, 5) is 11.2. The van der Waals surface area contributed by atoms with E-state index in [1.165, 1.54) is 0 Å². The molecule has 0 radical (unpaired) electrons. The van der Waals surface area contributed by atoms with Gasteiger partial charge in [-0.15, -0.1) is 0 Å². The number of esters is 1. The van der Waals surface area contributed by atoms with E-state index in [-0.39, 0.29) is 18.5 Å². The van der Waals surface area contributed by atoms with Crippen molar-refractivity contribution in [2.45, 2.75) is 58.3 Å². The molecule has 0 aliphatic heterocycles. The molecule has 0 saturated carbocycles. The maximum Gasteiger partial charge on any atom is 0.308 e. The first-order valence-electron chi connectivity index (χ1n) is 8.13. The first kappa shape index (κ1) is 19.5.